The van der Waals surface area contributed by atoms with E-state index in [1.54, 1.807) is 0 Å². The lowest BCUT2D eigenvalue weighted by Gasteiger charge is -2.10. The molecule has 16 heavy (non-hydrogen) atoms. The van der Waals surface area contributed by atoms with Crippen molar-refractivity contribution >= 4 is 5.91 Å². The Hall–Kier alpha value is -2.02. The van der Waals surface area contributed by atoms with Crippen LogP contribution in [0.5, 0.6) is 5.75 Å². The van der Waals surface area contributed by atoms with Gasteiger partial charge in [0, 0.05) is 6.42 Å². The molecule has 1 unspecified atom stereocenters. The van der Waals surface area contributed by atoms with Crippen LogP contribution >= 0.6 is 0 Å². The molecule has 0 radical (unpaired) electrons. The Balaban J connectivity index is 1.84. The molecule has 1 aromatic carbocycles. The Kier molecular flexibility index (Phi) is 3.06. The normalized spacial score (nSPS) is 17.1. The average Bonchev–Trinajstić information content (AvgIpc) is 2.69. The summed E-state index contributed by atoms with van der Waals surface area (Å²) in [4.78, 5) is 11.1. The van der Waals surface area contributed by atoms with Crippen LogP contribution < -0.4 is 10.1 Å². The smallest absolute Gasteiger partial charge is 0.234 e. The summed E-state index contributed by atoms with van der Waals surface area (Å²) in [5, 5.41) is 11.0. The summed E-state index contributed by atoms with van der Waals surface area (Å²) in [5.74, 6) is 0.643. The minimum absolute atomic E-state index is 0.0138. The fourth-order valence-corrected chi connectivity index (χ4v) is 1.73. The Morgan fingerprint density at radius 3 is 3.12 bits per heavy atom. The summed E-state index contributed by atoms with van der Waals surface area (Å²) in [6, 6.07) is 9.65. The highest BCUT2D eigenvalue weighted by atomic mass is 16.5. The fourth-order valence-electron chi connectivity index (χ4n) is 1.73. The van der Waals surface area contributed by atoms with Gasteiger partial charge in [0.25, 0.3) is 0 Å². The van der Waals surface area contributed by atoms with Crippen LogP contribution in [0.15, 0.2) is 24.3 Å². The third kappa shape index (κ3) is 2.31. The standard InChI is InChI=1S/C12H12N2O2/c13-6-5-12(15)14-8-10-7-9-3-1-2-4-11(9)16-10/h1-4,10H,5,7-8H2,(H,14,15). The molecule has 1 aliphatic heterocycles. The van der Waals surface area contributed by atoms with Gasteiger partial charge in [-0.3, -0.25) is 4.79 Å². The first kappa shape index (κ1) is 10.5. The van der Waals surface area contributed by atoms with Gasteiger partial charge in [-0.15, -0.1) is 0 Å². The zero-order valence-corrected chi connectivity index (χ0v) is 8.77. The number of carbonyl (C=O) groups is 1. The maximum absolute atomic E-state index is 11.1. The van der Waals surface area contributed by atoms with Gasteiger partial charge < -0.3 is 10.1 Å². The maximum Gasteiger partial charge on any atom is 0.234 e. The quantitative estimate of drug-likeness (QED) is 0.820. The Morgan fingerprint density at radius 1 is 1.56 bits per heavy atom. The van der Waals surface area contributed by atoms with Gasteiger partial charge in [-0.2, -0.15) is 5.26 Å². The van der Waals surface area contributed by atoms with Gasteiger partial charge >= 0.3 is 0 Å². The lowest BCUT2D eigenvalue weighted by molar-refractivity contribution is -0.120. The number of nitrogens with one attached hydrogen (secondary N) is 1. The predicted molar refractivity (Wildman–Crippen MR) is 57.8 cm³/mol. The Morgan fingerprint density at radius 2 is 2.38 bits per heavy atom. The highest BCUT2D eigenvalue weighted by molar-refractivity contribution is 5.77. The van der Waals surface area contributed by atoms with E-state index in [2.05, 4.69) is 5.32 Å². The lowest BCUT2D eigenvalue weighted by Crippen LogP contribution is -2.34. The first-order valence-corrected chi connectivity index (χ1v) is 5.18. The minimum atomic E-state index is -0.248. The predicted octanol–water partition coefficient (Wildman–Crippen LogP) is 1.02. The van der Waals surface area contributed by atoms with Crippen LogP contribution in [0.3, 0.4) is 0 Å². The topological polar surface area (TPSA) is 62.1 Å². The zero-order valence-electron chi connectivity index (χ0n) is 8.77. The van der Waals surface area contributed by atoms with Crippen molar-refractivity contribution in [3.63, 3.8) is 0 Å². The average molecular weight is 216 g/mol. The third-order valence-corrected chi connectivity index (χ3v) is 2.48. The van der Waals surface area contributed by atoms with E-state index in [-0.39, 0.29) is 18.4 Å². The SMILES string of the molecule is N#CCC(=O)NCC1Cc2ccccc2O1. The van der Waals surface area contributed by atoms with E-state index in [0.717, 1.165) is 12.2 Å². The first-order chi connectivity index (χ1) is 7.79. The van der Waals surface area contributed by atoms with E-state index < -0.39 is 0 Å². The van der Waals surface area contributed by atoms with E-state index in [9.17, 15) is 4.79 Å². The number of para-hydroxylation sites is 1. The zero-order chi connectivity index (χ0) is 11.4. The van der Waals surface area contributed by atoms with Crippen molar-refractivity contribution in [1.82, 2.24) is 5.32 Å². The van der Waals surface area contributed by atoms with Gasteiger partial charge in [-0.05, 0) is 11.6 Å². The molecule has 0 aromatic heterocycles. The maximum atomic E-state index is 11.1. The van der Waals surface area contributed by atoms with Crippen LogP contribution in [0.1, 0.15) is 12.0 Å². The lowest BCUT2D eigenvalue weighted by atomic mass is 10.1. The van der Waals surface area contributed by atoms with Gasteiger partial charge in [-0.25, -0.2) is 0 Å². The van der Waals surface area contributed by atoms with Crippen molar-refractivity contribution < 1.29 is 9.53 Å². The summed E-state index contributed by atoms with van der Waals surface area (Å²) in [7, 11) is 0. The van der Waals surface area contributed by atoms with Gasteiger partial charge in [0.15, 0.2) is 0 Å². The van der Waals surface area contributed by atoms with Crippen LogP contribution in [0.25, 0.3) is 0 Å². The molecule has 0 saturated heterocycles. The van der Waals surface area contributed by atoms with E-state index in [1.807, 2.05) is 30.3 Å². The molecule has 1 atom stereocenters. The largest absolute Gasteiger partial charge is 0.488 e. The fraction of sp³-hybridized carbons (Fsp3) is 0.333. The molecular weight excluding hydrogens is 204 g/mol. The number of nitrogens with zero attached hydrogens (tertiary/aromatic N) is 1. The number of rotatable bonds is 3. The number of ether oxygens (including phenoxy) is 1. The Labute approximate surface area is 93.8 Å². The van der Waals surface area contributed by atoms with Crippen LogP contribution in [-0.2, 0) is 11.2 Å². The van der Waals surface area contributed by atoms with Crippen molar-refractivity contribution in [2.24, 2.45) is 0 Å². The van der Waals surface area contributed by atoms with Gasteiger partial charge in [0.2, 0.25) is 5.91 Å². The van der Waals surface area contributed by atoms with E-state index in [4.69, 9.17) is 10.00 Å². The molecule has 4 nitrogen and oxygen atoms in total. The van der Waals surface area contributed by atoms with Crippen molar-refractivity contribution in [2.75, 3.05) is 6.54 Å². The molecule has 2 rings (SSSR count). The summed E-state index contributed by atoms with van der Waals surface area (Å²) < 4.78 is 5.64. The third-order valence-electron chi connectivity index (χ3n) is 2.48. The molecule has 1 aliphatic rings. The number of hydrogen-bond acceptors (Lipinski definition) is 3. The van der Waals surface area contributed by atoms with Crippen LogP contribution in [0.2, 0.25) is 0 Å². The van der Waals surface area contributed by atoms with E-state index in [0.29, 0.717) is 6.54 Å². The molecule has 1 amide bonds. The number of hydrogen-bond donors (Lipinski definition) is 1. The summed E-state index contributed by atoms with van der Waals surface area (Å²) in [6.07, 6.45) is 0.697. The minimum Gasteiger partial charge on any atom is -0.488 e. The number of carbonyl (C=O) groups excluding carboxylic acids is 1. The molecule has 0 saturated carbocycles. The molecular formula is C12H12N2O2. The van der Waals surface area contributed by atoms with Gasteiger partial charge in [-0.1, -0.05) is 18.2 Å². The van der Waals surface area contributed by atoms with Crippen molar-refractivity contribution in [1.29, 1.82) is 5.26 Å². The van der Waals surface area contributed by atoms with Crippen molar-refractivity contribution in [3.05, 3.63) is 29.8 Å². The number of benzene rings is 1. The second-order valence-electron chi connectivity index (χ2n) is 3.69. The molecule has 1 aromatic rings. The van der Waals surface area contributed by atoms with E-state index >= 15 is 0 Å². The van der Waals surface area contributed by atoms with Crippen LogP contribution in [0, 0.1) is 11.3 Å². The molecule has 82 valence electrons. The molecule has 0 fully saturated rings. The summed E-state index contributed by atoms with van der Waals surface area (Å²) >= 11 is 0. The highest BCUT2D eigenvalue weighted by Gasteiger charge is 2.22. The molecule has 0 bridgehead atoms. The van der Waals surface area contributed by atoms with Crippen LogP contribution in [-0.4, -0.2) is 18.6 Å². The monoisotopic (exact) mass is 216 g/mol. The van der Waals surface area contributed by atoms with Crippen LogP contribution in [0.4, 0.5) is 0 Å². The molecule has 4 heteroatoms. The van der Waals surface area contributed by atoms with Gasteiger partial charge in [0.05, 0.1) is 12.6 Å². The first-order valence-electron chi connectivity index (χ1n) is 5.18. The van der Waals surface area contributed by atoms with Crippen molar-refractivity contribution in [2.45, 2.75) is 18.9 Å². The molecule has 0 spiro atoms. The number of fused-ring (bicyclic) bond motifs is 1. The number of nitriles is 1. The molecule has 1 heterocycles. The molecule has 1 N–H and O–H groups in total. The second kappa shape index (κ2) is 4.67. The number of amides is 1. The van der Waals surface area contributed by atoms with Crippen molar-refractivity contribution in [3.8, 4) is 11.8 Å². The summed E-state index contributed by atoms with van der Waals surface area (Å²) in [5.41, 5.74) is 1.17. The van der Waals surface area contributed by atoms with E-state index in [1.165, 1.54) is 5.56 Å². The second-order valence-corrected chi connectivity index (χ2v) is 3.69. The van der Waals surface area contributed by atoms with Gasteiger partial charge in [0.1, 0.15) is 18.3 Å². The Bertz CT molecular complexity index is 412. The highest BCUT2D eigenvalue weighted by Crippen LogP contribution is 2.27. The molecule has 0 aliphatic carbocycles. The summed E-state index contributed by atoms with van der Waals surface area (Å²) in [6.45, 7) is 0.454.